The highest BCUT2D eigenvalue weighted by Crippen LogP contribution is 2.32. The number of halogens is 4. The number of hydrogen-bond acceptors (Lipinski definition) is 2. The Labute approximate surface area is 115 Å². The van der Waals surface area contributed by atoms with Gasteiger partial charge in [0.2, 0.25) is 0 Å². The second kappa shape index (κ2) is 6.55. The van der Waals surface area contributed by atoms with Crippen molar-refractivity contribution >= 4 is 57.3 Å². The van der Waals surface area contributed by atoms with E-state index in [0.29, 0.717) is 32.3 Å². The number of benzene rings is 1. The molecule has 0 aliphatic heterocycles. The summed E-state index contributed by atoms with van der Waals surface area (Å²) in [5.74, 6) is 0. The molecule has 0 amide bonds. The molecule has 0 bridgehead atoms. The summed E-state index contributed by atoms with van der Waals surface area (Å²) in [7, 11) is 0. The van der Waals surface area contributed by atoms with Gasteiger partial charge in [-0.15, -0.1) is 0 Å². The first-order valence-corrected chi connectivity index (χ1v) is 6.18. The minimum Gasteiger partial charge on any atom is -0.276 e. The summed E-state index contributed by atoms with van der Waals surface area (Å²) in [5, 5.41) is 5.71. The van der Waals surface area contributed by atoms with Crippen molar-refractivity contribution in [3.63, 3.8) is 0 Å². The van der Waals surface area contributed by atoms with Crippen LogP contribution in [-0.4, -0.2) is 5.17 Å². The van der Waals surface area contributed by atoms with Gasteiger partial charge in [-0.2, -0.15) is 5.10 Å². The summed E-state index contributed by atoms with van der Waals surface area (Å²) < 4.78 is 0. The molecule has 0 unspecified atom stereocenters. The van der Waals surface area contributed by atoms with Crippen molar-refractivity contribution in [3.05, 3.63) is 27.2 Å². The zero-order valence-corrected chi connectivity index (χ0v) is 11.6. The van der Waals surface area contributed by atoms with Crippen LogP contribution in [-0.2, 0) is 0 Å². The van der Waals surface area contributed by atoms with Crippen LogP contribution in [0.3, 0.4) is 0 Å². The van der Waals surface area contributed by atoms with E-state index in [9.17, 15) is 0 Å². The molecule has 16 heavy (non-hydrogen) atoms. The van der Waals surface area contributed by atoms with Crippen molar-refractivity contribution in [2.75, 3.05) is 5.43 Å². The normalized spacial score (nSPS) is 11.7. The number of rotatable bonds is 4. The van der Waals surface area contributed by atoms with Crippen molar-refractivity contribution in [1.82, 2.24) is 0 Å². The fourth-order valence-electron chi connectivity index (χ4n) is 0.991. The summed E-state index contributed by atoms with van der Waals surface area (Å²) in [6, 6.07) is 3.16. The van der Waals surface area contributed by atoms with E-state index in [4.69, 9.17) is 46.4 Å². The third-order valence-corrected chi connectivity index (χ3v) is 3.07. The van der Waals surface area contributed by atoms with Gasteiger partial charge in [0.25, 0.3) is 0 Å². The number of nitrogens with zero attached hydrogens (tertiary/aromatic N) is 1. The van der Waals surface area contributed by atoms with E-state index in [0.717, 1.165) is 6.42 Å². The zero-order chi connectivity index (χ0) is 12.1. The molecule has 1 rings (SSSR count). The monoisotopic (exact) mass is 298 g/mol. The standard InChI is InChI=1S/C10H10Cl4N2/c1-2-3-10(14)16-15-9-5-7(12)6(11)4-8(9)13/h4-5,15H,2-3H2,1H3. The third kappa shape index (κ3) is 4.02. The SMILES string of the molecule is CCCC(Cl)=NNc1cc(Cl)c(Cl)cc1Cl. The summed E-state index contributed by atoms with van der Waals surface area (Å²) in [5.41, 5.74) is 3.32. The van der Waals surface area contributed by atoms with Gasteiger partial charge in [-0.1, -0.05) is 53.3 Å². The molecular weight excluding hydrogens is 290 g/mol. The van der Waals surface area contributed by atoms with Crippen molar-refractivity contribution in [2.45, 2.75) is 19.8 Å². The van der Waals surface area contributed by atoms with E-state index in [2.05, 4.69) is 10.5 Å². The predicted molar refractivity (Wildman–Crippen MR) is 73.3 cm³/mol. The molecule has 88 valence electrons. The topological polar surface area (TPSA) is 24.4 Å². The van der Waals surface area contributed by atoms with Crippen molar-refractivity contribution in [3.8, 4) is 0 Å². The molecule has 1 aromatic rings. The number of hydrazone groups is 1. The molecule has 0 saturated carbocycles. The number of anilines is 1. The van der Waals surface area contributed by atoms with E-state index in [-0.39, 0.29) is 0 Å². The smallest absolute Gasteiger partial charge is 0.126 e. The average Bonchev–Trinajstić information content (AvgIpc) is 2.22. The molecule has 0 radical (unpaired) electrons. The molecule has 0 aliphatic carbocycles. The van der Waals surface area contributed by atoms with Gasteiger partial charge >= 0.3 is 0 Å². The molecule has 0 aliphatic rings. The molecule has 0 fully saturated rings. The van der Waals surface area contributed by atoms with Crippen molar-refractivity contribution < 1.29 is 0 Å². The second-order valence-electron chi connectivity index (χ2n) is 3.10. The molecule has 0 spiro atoms. The Bertz CT molecular complexity index is 404. The number of hydrogen-bond donors (Lipinski definition) is 1. The maximum absolute atomic E-state index is 5.94. The highest BCUT2D eigenvalue weighted by Gasteiger charge is 2.05. The van der Waals surface area contributed by atoms with E-state index >= 15 is 0 Å². The van der Waals surface area contributed by atoms with Gasteiger partial charge < -0.3 is 0 Å². The van der Waals surface area contributed by atoms with Gasteiger partial charge in [-0.05, 0) is 18.6 Å². The van der Waals surface area contributed by atoms with Gasteiger partial charge in [0.15, 0.2) is 0 Å². The lowest BCUT2D eigenvalue weighted by atomic mass is 10.3. The van der Waals surface area contributed by atoms with Crippen LogP contribution in [0.1, 0.15) is 19.8 Å². The molecule has 0 atom stereocenters. The molecular formula is C10H10Cl4N2. The van der Waals surface area contributed by atoms with Gasteiger partial charge in [0, 0.05) is 6.42 Å². The van der Waals surface area contributed by atoms with E-state index in [1.165, 1.54) is 0 Å². The van der Waals surface area contributed by atoms with Crippen molar-refractivity contribution in [1.29, 1.82) is 0 Å². The molecule has 0 aromatic heterocycles. The Morgan fingerprint density at radius 2 is 1.81 bits per heavy atom. The van der Waals surface area contributed by atoms with Crippen LogP contribution in [0.2, 0.25) is 15.1 Å². The van der Waals surface area contributed by atoms with Crippen LogP contribution in [0, 0.1) is 0 Å². The lowest BCUT2D eigenvalue weighted by molar-refractivity contribution is 0.999. The van der Waals surface area contributed by atoms with Crippen LogP contribution in [0.15, 0.2) is 17.2 Å². The Balaban J connectivity index is 2.82. The van der Waals surface area contributed by atoms with Crippen LogP contribution in [0.25, 0.3) is 0 Å². The first-order valence-electron chi connectivity index (χ1n) is 4.67. The van der Waals surface area contributed by atoms with E-state index in [1.807, 2.05) is 6.92 Å². The summed E-state index contributed by atoms with van der Waals surface area (Å²) in [6.07, 6.45) is 1.65. The lowest BCUT2D eigenvalue weighted by Crippen LogP contribution is -1.95. The predicted octanol–water partition coefficient (Wildman–Crippen LogP) is 5.41. The number of nitrogens with one attached hydrogen (secondary N) is 1. The summed E-state index contributed by atoms with van der Waals surface area (Å²) in [6.45, 7) is 2.02. The lowest BCUT2D eigenvalue weighted by Gasteiger charge is -2.05. The molecule has 0 saturated heterocycles. The minimum atomic E-state index is 0.404. The van der Waals surface area contributed by atoms with Gasteiger partial charge in [0.05, 0.1) is 20.8 Å². The average molecular weight is 300 g/mol. The fourth-order valence-corrected chi connectivity index (χ4v) is 1.81. The molecule has 2 nitrogen and oxygen atoms in total. The Morgan fingerprint density at radius 1 is 1.19 bits per heavy atom. The molecule has 6 heteroatoms. The van der Waals surface area contributed by atoms with E-state index < -0.39 is 0 Å². The van der Waals surface area contributed by atoms with Gasteiger partial charge in [-0.3, -0.25) is 5.43 Å². The summed E-state index contributed by atoms with van der Waals surface area (Å²) >= 11 is 23.4. The third-order valence-electron chi connectivity index (χ3n) is 1.76. The fraction of sp³-hybridized carbons (Fsp3) is 0.300. The zero-order valence-electron chi connectivity index (χ0n) is 8.53. The van der Waals surface area contributed by atoms with Crippen LogP contribution >= 0.6 is 46.4 Å². The first kappa shape index (κ1) is 13.9. The largest absolute Gasteiger partial charge is 0.276 e. The Hall–Kier alpha value is -0.150. The quantitative estimate of drug-likeness (QED) is 0.448. The highest BCUT2D eigenvalue weighted by atomic mass is 35.5. The maximum atomic E-state index is 5.94. The molecule has 1 aromatic carbocycles. The first-order chi connectivity index (χ1) is 7.54. The molecule has 1 N–H and O–H groups in total. The van der Waals surface area contributed by atoms with Crippen LogP contribution in [0.4, 0.5) is 5.69 Å². The Morgan fingerprint density at radius 3 is 2.44 bits per heavy atom. The van der Waals surface area contributed by atoms with Crippen LogP contribution in [0.5, 0.6) is 0 Å². The van der Waals surface area contributed by atoms with E-state index in [1.54, 1.807) is 12.1 Å². The van der Waals surface area contributed by atoms with Gasteiger partial charge in [0.1, 0.15) is 5.17 Å². The van der Waals surface area contributed by atoms with Gasteiger partial charge in [-0.25, -0.2) is 0 Å². The second-order valence-corrected chi connectivity index (χ2v) is 4.75. The van der Waals surface area contributed by atoms with Crippen molar-refractivity contribution in [2.24, 2.45) is 5.10 Å². The molecule has 0 heterocycles. The van der Waals surface area contributed by atoms with Crippen LogP contribution < -0.4 is 5.43 Å². The highest BCUT2D eigenvalue weighted by molar-refractivity contribution is 6.65. The summed E-state index contributed by atoms with van der Waals surface area (Å²) in [4.78, 5) is 0. The maximum Gasteiger partial charge on any atom is 0.126 e. The Kier molecular flexibility index (Phi) is 5.70. The minimum absolute atomic E-state index is 0.404.